The van der Waals surface area contributed by atoms with Gasteiger partial charge in [-0.3, -0.25) is 0 Å². The number of halogens is 1. The van der Waals surface area contributed by atoms with Gasteiger partial charge in [0.2, 0.25) is 0 Å². The predicted molar refractivity (Wildman–Crippen MR) is 83.1 cm³/mol. The summed E-state index contributed by atoms with van der Waals surface area (Å²) in [5.41, 5.74) is 9.86. The van der Waals surface area contributed by atoms with Gasteiger partial charge in [0.15, 0.2) is 0 Å². The lowest BCUT2D eigenvalue weighted by Gasteiger charge is -2.13. The van der Waals surface area contributed by atoms with Gasteiger partial charge in [0.1, 0.15) is 11.9 Å². The van der Waals surface area contributed by atoms with E-state index in [1.807, 2.05) is 37.3 Å². The summed E-state index contributed by atoms with van der Waals surface area (Å²) in [5.74, 6) is 0.902. The second-order valence-electron chi connectivity index (χ2n) is 5.06. The van der Waals surface area contributed by atoms with E-state index >= 15 is 0 Å². The first kappa shape index (κ1) is 13.3. The van der Waals surface area contributed by atoms with Gasteiger partial charge >= 0.3 is 0 Å². The minimum Gasteiger partial charge on any atom is -0.486 e. The Balaban J connectivity index is 1.89. The van der Waals surface area contributed by atoms with Gasteiger partial charge in [0, 0.05) is 29.2 Å². The van der Waals surface area contributed by atoms with Crippen LogP contribution < -0.4 is 15.8 Å². The molecule has 0 radical (unpaired) electrons. The molecule has 4 heteroatoms. The van der Waals surface area contributed by atoms with Crippen LogP contribution >= 0.6 is 11.6 Å². The second-order valence-corrected chi connectivity index (χ2v) is 5.47. The van der Waals surface area contributed by atoms with Crippen molar-refractivity contribution >= 4 is 23.0 Å². The van der Waals surface area contributed by atoms with E-state index in [1.54, 1.807) is 0 Å². The lowest BCUT2D eigenvalue weighted by Crippen LogP contribution is -2.24. The second kappa shape index (κ2) is 5.35. The Hall–Kier alpha value is -1.71. The van der Waals surface area contributed by atoms with E-state index in [1.165, 1.54) is 5.56 Å². The fourth-order valence-electron chi connectivity index (χ4n) is 2.39. The number of nitrogens with two attached hydrogens (primary N) is 1. The van der Waals surface area contributed by atoms with Crippen molar-refractivity contribution in [1.29, 1.82) is 0 Å². The van der Waals surface area contributed by atoms with Crippen LogP contribution in [-0.4, -0.2) is 12.6 Å². The number of rotatable bonds is 3. The van der Waals surface area contributed by atoms with Gasteiger partial charge in [-0.2, -0.15) is 0 Å². The zero-order valence-electron chi connectivity index (χ0n) is 11.3. The third kappa shape index (κ3) is 2.47. The molecule has 0 saturated carbocycles. The maximum atomic E-state index is 6.16. The molecular weight excluding hydrogens is 272 g/mol. The average molecular weight is 289 g/mol. The molecule has 1 aliphatic rings. The lowest BCUT2D eigenvalue weighted by atomic mass is 10.1. The molecule has 1 unspecified atom stereocenters. The maximum absolute atomic E-state index is 6.16. The van der Waals surface area contributed by atoms with Crippen LogP contribution in [0.3, 0.4) is 0 Å². The zero-order valence-corrected chi connectivity index (χ0v) is 12.1. The summed E-state index contributed by atoms with van der Waals surface area (Å²) in [5, 5.41) is 4.12. The molecule has 1 atom stereocenters. The highest BCUT2D eigenvalue weighted by Crippen LogP contribution is 2.37. The van der Waals surface area contributed by atoms with E-state index in [2.05, 4.69) is 11.4 Å². The maximum Gasteiger partial charge on any atom is 0.146 e. The summed E-state index contributed by atoms with van der Waals surface area (Å²) >= 11 is 6.16. The Morgan fingerprint density at radius 3 is 2.95 bits per heavy atom. The quantitative estimate of drug-likeness (QED) is 0.906. The molecule has 2 aromatic carbocycles. The summed E-state index contributed by atoms with van der Waals surface area (Å²) in [7, 11) is 0. The Morgan fingerprint density at radius 2 is 2.20 bits per heavy atom. The van der Waals surface area contributed by atoms with Crippen molar-refractivity contribution in [1.82, 2.24) is 0 Å². The van der Waals surface area contributed by atoms with Gasteiger partial charge in [-0.05, 0) is 30.7 Å². The first-order valence-electron chi connectivity index (χ1n) is 6.69. The van der Waals surface area contributed by atoms with Crippen molar-refractivity contribution < 1.29 is 4.74 Å². The van der Waals surface area contributed by atoms with Gasteiger partial charge in [-0.1, -0.05) is 29.8 Å². The monoisotopic (exact) mass is 288 g/mol. The highest BCUT2D eigenvalue weighted by atomic mass is 35.5. The van der Waals surface area contributed by atoms with Gasteiger partial charge in [0.05, 0.1) is 5.69 Å². The zero-order chi connectivity index (χ0) is 14.1. The summed E-state index contributed by atoms with van der Waals surface area (Å²) < 4.78 is 5.89. The van der Waals surface area contributed by atoms with Crippen LogP contribution in [0.15, 0.2) is 36.4 Å². The Labute approximate surface area is 123 Å². The fourth-order valence-corrected chi connectivity index (χ4v) is 2.57. The summed E-state index contributed by atoms with van der Waals surface area (Å²) in [6.45, 7) is 2.52. The number of ether oxygens (including phenoxy) is 1. The normalized spacial score (nSPS) is 16.6. The SMILES string of the molecule is Cc1ccc(Nc2cccc3c2OC(CN)C3)cc1Cl. The third-order valence-electron chi connectivity index (χ3n) is 3.54. The molecule has 2 aromatic rings. The van der Waals surface area contributed by atoms with Crippen molar-refractivity contribution in [2.75, 3.05) is 11.9 Å². The Morgan fingerprint density at radius 1 is 1.35 bits per heavy atom. The molecule has 3 N–H and O–H groups in total. The number of fused-ring (bicyclic) bond motifs is 1. The van der Waals surface area contributed by atoms with E-state index in [9.17, 15) is 0 Å². The van der Waals surface area contributed by atoms with Crippen LogP contribution in [0.4, 0.5) is 11.4 Å². The van der Waals surface area contributed by atoms with Crippen molar-refractivity contribution in [3.8, 4) is 5.75 Å². The number of hydrogen-bond donors (Lipinski definition) is 2. The van der Waals surface area contributed by atoms with E-state index in [-0.39, 0.29) is 6.10 Å². The molecule has 0 bridgehead atoms. The fraction of sp³-hybridized carbons (Fsp3) is 0.250. The lowest BCUT2D eigenvalue weighted by molar-refractivity contribution is 0.242. The van der Waals surface area contributed by atoms with Crippen LogP contribution in [0.25, 0.3) is 0 Å². The van der Waals surface area contributed by atoms with Gasteiger partial charge < -0.3 is 15.8 Å². The molecule has 1 aliphatic heterocycles. The van der Waals surface area contributed by atoms with Crippen LogP contribution in [0.1, 0.15) is 11.1 Å². The largest absolute Gasteiger partial charge is 0.486 e. The van der Waals surface area contributed by atoms with Gasteiger partial charge in [0.25, 0.3) is 0 Å². The first-order chi connectivity index (χ1) is 9.67. The van der Waals surface area contributed by atoms with Gasteiger partial charge in [-0.15, -0.1) is 0 Å². The molecule has 0 amide bonds. The molecular formula is C16H17ClN2O. The standard InChI is InChI=1S/C16H17ClN2O/c1-10-5-6-12(8-14(10)17)19-15-4-2-3-11-7-13(9-18)20-16(11)15/h2-6,8,13,19H,7,9,18H2,1H3. The van der Waals surface area contributed by atoms with E-state index in [0.717, 1.165) is 34.1 Å². The average Bonchev–Trinajstić information content (AvgIpc) is 2.87. The number of para-hydroxylation sites is 1. The molecule has 0 spiro atoms. The summed E-state index contributed by atoms with van der Waals surface area (Å²) in [6, 6.07) is 12.0. The van der Waals surface area contributed by atoms with Gasteiger partial charge in [-0.25, -0.2) is 0 Å². The van der Waals surface area contributed by atoms with Crippen LogP contribution in [0.5, 0.6) is 5.75 Å². The highest BCUT2D eigenvalue weighted by molar-refractivity contribution is 6.31. The van der Waals surface area contributed by atoms with Crippen molar-refractivity contribution in [2.24, 2.45) is 5.73 Å². The van der Waals surface area contributed by atoms with E-state index < -0.39 is 0 Å². The number of benzene rings is 2. The number of anilines is 2. The summed E-state index contributed by atoms with van der Waals surface area (Å²) in [4.78, 5) is 0. The van der Waals surface area contributed by atoms with Crippen LogP contribution in [-0.2, 0) is 6.42 Å². The van der Waals surface area contributed by atoms with E-state index in [0.29, 0.717) is 6.54 Å². The van der Waals surface area contributed by atoms with E-state index in [4.69, 9.17) is 22.1 Å². The number of hydrogen-bond acceptors (Lipinski definition) is 3. The third-order valence-corrected chi connectivity index (χ3v) is 3.95. The first-order valence-corrected chi connectivity index (χ1v) is 7.07. The molecule has 3 rings (SSSR count). The Kier molecular flexibility index (Phi) is 3.55. The molecule has 0 aliphatic carbocycles. The number of nitrogens with one attached hydrogen (secondary N) is 1. The van der Waals surface area contributed by atoms with Crippen molar-refractivity contribution in [3.63, 3.8) is 0 Å². The summed E-state index contributed by atoms with van der Waals surface area (Å²) in [6.07, 6.45) is 0.949. The molecule has 3 nitrogen and oxygen atoms in total. The van der Waals surface area contributed by atoms with Crippen LogP contribution in [0.2, 0.25) is 5.02 Å². The molecule has 0 fully saturated rings. The molecule has 0 saturated heterocycles. The smallest absolute Gasteiger partial charge is 0.146 e. The molecule has 1 heterocycles. The molecule has 104 valence electrons. The highest BCUT2D eigenvalue weighted by Gasteiger charge is 2.24. The van der Waals surface area contributed by atoms with Crippen LogP contribution in [0, 0.1) is 6.92 Å². The molecule has 20 heavy (non-hydrogen) atoms. The van der Waals surface area contributed by atoms with Crippen molar-refractivity contribution in [2.45, 2.75) is 19.4 Å². The minimum atomic E-state index is 0.0783. The minimum absolute atomic E-state index is 0.0783. The Bertz CT molecular complexity index is 642. The molecule has 0 aromatic heterocycles. The van der Waals surface area contributed by atoms with Crippen molar-refractivity contribution in [3.05, 3.63) is 52.5 Å². The topological polar surface area (TPSA) is 47.3 Å². The predicted octanol–water partition coefficient (Wildman–Crippen LogP) is 3.65. The number of aryl methyl sites for hydroxylation is 1.